The van der Waals surface area contributed by atoms with Crippen LogP contribution in [0, 0.1) is 46.3 Å². The first-order valence-electron chi connectivity index (χ1n) is 24.0. The van der Waals surface area contributed by atoms with Gasteiger partial charge in [0.05, 0.1) is 31.2 Å². The Morgan fingerprint density at radius 2 is 1.69 bits per heavy atom. The minimum Gasteiger partial charge on any atom is -0.458 e. The second-order valence-corrected chi connectivity index (χ2v) is 22.1. The van der Waals surface area contributed by atoms with Gasteiger partial charge < -0.3 is 38.6 Å². The Bertz CT molecular complexity index is 2100. The lowest BCUT2D eigenvalue weighted by Gasteiger charge is -2.53. The maximum absolute atomic E-state index is 13.9. The molecule has 0 bridgehead atoms. The molecule has 3 saturated heterocycles. The predicted molar refractivity (Wildman–Crippen MR) is 226 cm³/mol. The number of hydrogen-bond donors (Lipinski definition) is 2. The van der Waals surface area contributed by atoms with Crippen molar-refractivity contribution in [2.75, 3.05) is 6.61 Å². The minimum absolute atomic E-state index is 0.0198. The first kappa shape index (κ1) is 41.6. The quantitative estimate of drug-likeness (QED) is 0.0947. The molecule has 11 aliphatic rings. The number of esters is 3. The Morgan fingerprint density at radius 1 is 0.919 bits per heavy atom. The van der Waals surface area contributed by atoms with Gasteiger partial charge in [-0.25, -0.2) is 4.79 Å². The normalized spacial score (nSPS) is 48.0. The second kappa shape index (κ2) is 14.2. The largest absolute Gasteiger partial charge is 0.458 e. The molecule has 6 saturated carbocycles. The van der Waals surface area contributed by atoms with Gasteiger partial charge in [0.1, 0.15) is 36.1 Å². The van der Waals surface area contributed by atoms with Crippen LogP contribution in [0.25, 0.3) is 0 Å². The number of fused-ring (bicyclic) bond motifs is 5. The number of rotatable bonds is 11. The van der Waals surface area contributed by atoms with Gasteiger partial charge in [-0.15, -0.1) is 0 Å². The minimum atomic E-state index is -0.864. The Morgan fingerprint density at radius 3 is 2.45 bits per heavy atom. The second-order valence-electron chi connectivity index (χ2n) is 22.1. The molecule has 0 radical (unpaired) electrons. The predicted octanol–water partition coefficient (Wildman–Crippen LogP) is 7.09. The first-order valence-corrected chi connectivity index (χ1v) is 24.0. The Kier molecular flexibility index (Phi) is 9.53. The average Bonchev–Trinajstić information content (AvgIpc) is 4.07. The summed E-state index contributed by atoms with van der Waals surface area (Å²) in [5.74, 6) is 0.735. The Hall–Kier alpha value is -3.09. The maximum atomic E-state index is 13.9. The van der Waals surface area contributed by atoms with Crippen LogP contribution >= 0.6 is 0 Å². The summed E-state index contributed by atoms with van der Waals surface area (Å²) in [6.45, 7) is 15.9. The highest BCUT2D eigenvalue weighted by Crippen LogP contribution is 2.83. The smallest absolute Gasteiger partial charge is 0.334 e. The number of aliphatic hydroxyl groups is 2. The van der Waals surface area contributed by atoms with Crippen LogP contribution in [-0.2, 0) is 42.8 Å². The van der Waals surface area contributed by atoms with E-state index in [1.54, 1.807) is 0 Å². The number of hydrogen-bond acceptors (Lipinski definition) is 11. The van der Waals surface area contributed by atoms with Crippen LogP contribution in [0.4, 0.5) is 0 Å². The zero-order chi connectivity index (χ0) is 43.3. The zero-order valence-corrected chi connectivity index (χ0v) is 37.2. The molecule has 11 nitrogen and oxygen atoms in total. The molecular formula is C51H66O11. The fourth-order valence-electron chi connectivity index (χ4n) is 15.2. The molecule has 336 valence electrons. The van der Waals surface area contributed by atoms with Gasteiger partial charge in [-0.2, -0.15) is 0 Å². The average molecular weight is 855 g/mol. The van der Waals surface area contributed by atoms with E-state index in [9.17, 15) is 24.6 Å². The number of cyclic esters (lactones) is 1. The molecule has 4 aliphatic heterocycles. The van der Waals surface area contributed by atoms with E-state index >= 15 is 0 Å². The summed E-state index contributed by atoms with van der Waals surface area (Å²) in [6, 6.07) is 0. The van der Waals surface area contributed by atoms with Crippen molar-refractivity contribution in [1.82, 2.24) is 0 Å². The first-order chi connectivity index (χ1) is 29.6. The van der Waals surface area contributed by atoms with Crippen LogP contribution in [0.1, 0.15) is 125 Å². The van der Waals surface area contributed by atoms with E-state index in [0.717, 1.165) is 55.2 Å². The van der Waals surface area contributed by atoms with E-state index < -0.39 is 47.1 Å². The van der Waals surface area contributed by atoms with E-state index in [0.29, 0.717) is 55.1 Å². The van der Waals surface area contributed by atoms with Gasteiger partial charge in [-0.3, -0.25) is 9.59 Å². The van der Waals surface area contributed by atoms with Gasteiger partial charge in [0.15, 0.2) is 11.7 Å². The third-order valence-electron chi connectivity index (χ3n) is 18.8. The van der Waals surface area contributed by atoms with Crippen molar-refractivity contribution >= 4 is 17.9 Å². The summed E-state index contributed by atoms with van der Waals surface area (Å²) in [5.41, 5.74) is 2.44. The molecule has 0 aromatic carbocycles. The van der Waals surface area contributed by atoms with Crippen LogP contribution in [0.2, 0.25) is 0 Å². The fourth-order valence-corrected chi connectivity index (χ4v) is 15.2. The van der Waals surface area contributed by atoms with Crippen molar-refractivity contribution in [2.45, 2.75) is 184 Å². The van der Waals surface area contributed by atoms with Gasteiger partial charge in [0, 0.05) is 17.4 Å². The molecule has 9 fully saturated rings. The van der Waals surface area contributed by atoms with Crippen molar-refractivity contribution < 1.29 is 53.0 Å². The van der Waals surface area contributed by atoms with E-state index in [1.165, 1.54) is 18.4 Å². The maximum Gasteiger partial charge on any atom is 0.334 e. The highest BCUT2D eigenvalue weighted by atomic mass is 16.8. The standard InChI is InChI=1S/C51H66O11/c1-26(2)49-43(61-49)44-51(62-44)48(6)21-19-33-34(25-57-45(33)56)37(48)24-40-50(51,60-40)46(49)59-42(55)18-17-41(54)58-39-23-32(52)22-31(28(39)4)13-10-29-8-7-20-47(5)35(14-15-36(29)47)27(3)9-16-38(53)30-11-12-30/h9-10,13,16,26-27,30,32,35-40,43-44,46,52-53H,4,7-8,11-12,14-15,17-25H2,1-3,5-6H3/b16-9+,29-10+,31-13-/t27-,32+,35?,36?,37-,38?,39-,40-,43-,44-,46+,47+,48-,49-,50+,51+/m0/s1. The molecule has 16 atom stereocenters. The van der Waals surface area contributed by atoms with Crippen LogP contribution < -0.4 is 0 Å². The molecule has 62 heavy (non-hydrogen) atoms. The number of aliphatic hydroxyl groups excluding tert-OH is 2. The van der Waals surface area contributed by atoms with E-state index in [4.69, 9.17) is 28.4 Å². The summed E-state index contributed by atoms with van der Waals surface area (Å²) in [4.78, 5) is 39.9. The van der Waals surface area contributed by atoms with Crippen molar-refractivity contribution in [3.05, 3.63) is 58.7 Å². The van der Waals surface area contributed by atoms with Gasteiger partial charge in [-0.05, 0) is 128 Å². The van der Waals surface area contributed by atoms with Crippen LogP contribution in [0.15, 0.2) is 58.7 Å². The molecule has 0 amide bonds. The van der Waals surface area contributed by atoms with Crippen LogP contribution in [0.3, 0.4) is 0 Å². The highest BCUT2D eigenvalue weighted by molar-refractivity contribution is 5.92. The van der Waals surface area contributed by atoms with Crippen molar-refractivity contribution in [3.63, 3.8) is 0 Å². The number of carbonyl (C=O) groups excluding carboxylic acids is 3. The molecule has 0 aromatic rings. The fraction of sp³-hybridized carbons (Fsp3) is 0.745. The molecule has 4 heterocycles. The molecule has 3 unspecified atom stereocenters. The summed E-state index contributed by atoms with van der Waals surface area (Å²) < 4.78 is 38.0. The third-order valence-corrected chi connectivity index (χ3v) is 18.8. The number of carbonyl (C=O) groups is 3. The van der Waals surface area contributed by atoms with Crippen LogP contribution in [0.5, 0.6) is 0 Å². The summed E-state index contributed by atoms with van der Waals surface area (Å²) in [7, 11) is 0. The SMILES string of the molecule is C=C1/C(=C\C=C2/CCC[C@@]3(C)C2CCC3[C@@H](C)/C=C/C(O)C2CC2)C[C@@H](O)C[C@@H]1OC(=O)CCC(=O)O[C@@H]1[C@@]2(C(C)C)O[C@H]2[C@@H]2O[C@]23[C@]12O[C@H]2C[C@H]1C2=C(CC[C@@]13C)C(=O)OC2. The van der Waals surface area contributed by atoms with Crippen molar-refractivity contribution in [2.24, 2.45) is 46.3 Å². The van der Waals surface area contributed by atoms with Gasteiger partial charge in [-0.1, -0.05) is 71.1 Å². The van der Waals surface area contributed by atoms with Crippen LogP contribution in [-0.4, -0.2) is 94.3 Å². The van der Waals surface area contributed by atoms with E-state index in [-0.39, 0.29) is 72.3 Å². The number of allylic oxidation sites excluding steroid dienone is 4. The lowest BCUT2D eigenvalue weighted by molar-refractivity contribution is -0.171. The van der Waals surface area contributed by atoms with Gasteiger partial charge in [0.25, 0.3) is 0 Å². The lowest BCUT2D eigenvalue weighted by Crippen LogP contribution is -2.70. The molecular weight excluding hydrogens is 789 g/mol. The molecule has 2 N–H and O–H groups in total. The highest BCUT2D eigenvalue weighted by Gasteiger charge is 3.01. The Labute approximate surface area is 365 Å². The van der Waals surface area contributed by atoms with E-state index in [1.807, 2.05) is 6.08 Å². The monoisotopic (exact) mass is 854 g/mol. The topological polar surface area (TPSA) is 157 Å². The third kappa shape index (κ3) is 5.81. The number of ether oxygens (including phenoxy) is 6. The molecule has 11 rings (SSSR count). The molecule has 7 aliphatic carbocycles. The number of epoxide rings is 3. The molecule has 2 spiro atoms. The lowest BCUT2D eigenvalue weighted by atomic mass is 9.46. The molecule has 0 aromatic heterocycles. The van der Waals surface area contributed by atoms with Gasteiger partial charge >= 0.3 is 17.9 Å². The van der Waals surface area contributed by atoms with Crippen molar-refractivity contribution in [1.29, 1.82) is 0 Å². The zero-order valence-electron chi connectivity index (χ0n) is 37.2. The summed E-state index contributed by atoms with van der Waals surface area (Å²) in [6.07, 6.45) is 16.0. The van der Waals surface area contributed by atoms with E-state index in [2.05, 4.69) is 59.4 Å². The van der Waals surface area contributed by atoms with Crippen molar-refractivity contribution in [3.8, 4) is 0 Å². The molecule has 11 heteroatoms. The summed E-state index contributed by atoms with van der Waals surface area (Å²) in [5, 5.41) is 21.4. The Balaban J connectivity index is 0.738. The summed E-state index contributed by atoms with van der Waals surface area (Å²) >= 11 is 0. The van der Waals surface area contributed by atoms with Gasteiger partial charge in [0.2, 0.25) is 0 Å².